The molecule has 0 radical (unpaired) electrons. The van der Waals surface area contributed by atoms with E-state index in [2.05, 4.69) is 39.4 Å². The number of carbonyl (C=O) groups is 1. The van der Waals surface area contributed by atoms with Crippen molar-refractivity contribution in [1.29, 1.82) is 0 Å². The number of hydrogen-bond acceptors (Lipinski definition) is 5. The highest BCUT2D eigenvalue weighted by Crippen LogP contribution is 2.41. The number of carbonyl (C=O) groups excluding carboxylic acids is 1. The van der Waals surface area contributed by atoms with Gasteiger partial charge in [0.2, 0.25) is 0 Å². The number of rotatable bonds is 3. The van der Waals surface area contributed by atoms with Crippen LogP contribution in [0.4, 0.5) is 5.82 Å². The average molecular weight is 388 g/mol. The van der Waals surface area contributed by atoms with E-state index in [4.69, 9.17) is 5.73 Å². The second-order valence-electron chi connectivity index (χ2n) is 7.29. The third-order valence-electron chi connectivity index (χ3n) is 5.61. The lowest BCUT2D eigenvalue weighted by Crippen LogP contribution is -2.22. The fourth-order valence-corrected chi connectivity index (χ4v) is 5.44. The first-order valence-corrected chi connectivity index (χ1v) is 10.2. The van der Waals surface area contributed by atoms with Crippen molar-refractivity contribution in [2.24, 2.45) is 5.73 Å². The topological polar surface area (TPSA) is 72.1 Å². The molecular formula is C22H20N4OS. The zero-order valence-electron chi connectivity index (χ0n) is 15.6. The summed E-state index contributed by atoms with van der Waals surface area (Å²) in [4.78, 5) is 15.1. The van der Waals surface area contributed by atoms with Gasteiger partial charge in [0.15, 0.2) is 5.82 Å². The van der Waals surface area contributed by atoms with Gasteiger partial charge in [0.05, 0.1) is 10.6 Å². The molecule has 28 heavy (non-hydrogen) atoms. The summed E-state index contributed by atoms with van der Waals surface area (Å²) in [6.45, 7) is 3.68. The van der Waals surface area contributed by atoms with Crippen molar-refractivity contribution in [3.05, 3.63) is 64.7 Å². The highest BCUT2D eigenvalue weighted by molar-refractivity contribution is 7.21. The zero-order valence-corrected chi connectivity index (χ0v) is 16.4. The van der Waals surface area contributed by atoms with Gasteiger partial charge in [-0.3, -0.25) is 4.79 Å². The largest absolute Gasteiger partial charge is 0.365 e. The van der Waals surface area contributed by atoms with E-state index in [1.54, 1.807) is 0 Å². The van der Waals surface area contributed by atoms with Gasteiger partial charge in [-0.1, -0.05) is 42.5 Å². The first-order chi connectivity index (χ1) is 13.6. The van der Waals surface area contributed by atoms with Crippen LogP contribution in [0.5, 0.6) is 0 Å². The number of amides is 1. The van der Waals surface area contributed by atoms with Crippen LogP contribution in [0.15, 0.2) is 48.5 Å². The molecule has 1 aliphatic heterocycles. The van der Waals surface area contributed by atoms with E-state index in [1.165, 1.54) is 11.3 Å². The Morgan fingerprint density at radius 3 is 2.57 bits per heavy atom. The van der Waals surface area contributed by atoms with Crippen LogP contribution in [-0.4, -0.2) is 29.2 Å². The maximum atomic E-state index is 12.1. The predicted molar refractivity (Wildman–Crippen MR) is 114 cm³/mol. The molecule has 0 spiro atoms. The minimum atomic E-state index is -0.338. The number of nitrogens with zero attached hydrogens (tertiary/aromatic N) is 3. The molecule has 4 aromatic rings. The SMILES string of the molecule is Cc1nnc(N2CC[C@@H](c3c(C(N)=O)sc4ccccc34)C2)c2ccccc12. The van der Waals surface area contributed by atoms with Crippen LogP contribution in [0.2, 0.25) is 0 Å². The molecule has 0 aliphatic carbocycles. The number of benzene rings is 2. The second-order valence-corrected chi connectivity index (χ2v) is 8.34. The van der Waals surface area contributed by atoms with Crippen molar-refractivity contribution in [1.82, 2.24) is 10.2 Å². The van der Waals surface area contributed by atoms with Gasteiger partial charge in [0.1, 0.15) is 0 Å². The highest BCUT2D eigenvalue weighted by atomic mass is 32.1. The summed E-state index contributed by atoms with van der Waals surface area (Å²) in [5.41, 5.74) is 7.76. The summed E-state index contributed by atoms with van der Waals surface area (Å²) in [6, 6.07) is 16.4. The van der Waals surface area contributed by atoms with Crippen molar-refractivity contribution in [2.75, 3.05) is 18.0 Å². The predicted octanol–water partition coefficient (Wildman–Crippen LogP) is 4.25. The van der Waals surface area contributed by atoms with Crippen LogP contribution >= 0.6 is 11.3 Å². The third-order valence-corrected chi connectivity index (χ3v) is 6.81. The van der Waals surface area contributed by atoms with E-state index >= 15 is 0 Å². The summed E-state index contributed by atoms with van der Waals surface area (Å²) in [7, 11) is 0. The first kappa shape index (κ1) is 17.1. The number of hydrogen-bond donors (Lipinski definition) is 1. The standard InChI is InChI=1S/C22H20N4OS/c1-13-15-6-2-3-7-16(15)22(25-24-13)26-11-10-14(12-26)19-17-8-4-5-9-18(17)28-20(19)21(23)27/h2-9,14H,10-12H2,1H3,(H2,23,27)/t14-/m1/s1. The van der Waals surface area contributed by atoms with Crippen molar-refractivity contribution < 1.29 is 4.79 Å². The van der Waals surface area contributed by atoms with Crippen molar-refractivity contribution >= 4 is 43.9 Å². The van der Waals surface area contributed by atoms with Crippen LogP contribution in [0.3, 0.4) is 0 Å². The van der Waals surface area contributed by atoms with Gasteiger partial charge in [0, 0.05) is 34.5 Å². The lowest BCUT2D eigenvalue weighted by molar-refractivity contribution is 0.100. The van der Waals surface area contributed by atoms with Crippen LogP contribution in [0, 0.1) is 6.92 Å². The molecule has 2 aromatic heterocycles. The van der Waals surface area contributed by atoms with Crippen LogP contribution in [-0.2, 0) is 0 Å². The number of aromatic nitrogens is 2. The molecule has 0 unspecified atom stereocenters. The fraction of sp³-hybridized carbons (Fsp3) is 0.227. The van der Waals surface area contributed by atoms with Gasteiger partial charge >= 0.3 is 0 Å². The van der Waals surface area contributed by atoms with Crippen LogP contribution in [0.1, 0.15) is 33.3 Å². The molecule has 6 heteroatoms. The Bertz CT molecular complexity index is 1220. The molecule has 3 heterocycles. The molecular weight excluding hydrogens is 368 g/mol. The van der Waals surface area contributed by atoms with E-state index in [9.17, 15) is 4.79 Å². The minimum Gasteiger partial charge on any atom is -0.365 e. The Kier molecular flexibility index (Phi) is 4.02. The zero-order chi connectivity index (χ0) is 19.3. The number of anilines is 1. The summed E-state index contributed by atoms with van der Waals surface area (Å²) >= 11 is 1.50. The Hall–Kier alpha value is -2.99. The number of nitrogens with two attached hydrogens (primary N) is 1. The molecule has 0 bridgehead atoms. The summed E-state index contributed by atoms with van der Waals surface area (Å²) in [5, 5.41) is 12.3. The molecule has 1 amide bonds. The molecule has 2 aromatic carbocycles. The van der Waals surface area contributed by atoms with Crippen molar-refractivity contribution in [3.63, 3.8) is 0 Å². The maximum Gasteiger partial charge on any atom is 0.259 e. The molecule has 1 saturated heterocycles. The van der Waals surface area contributed by atoms with E-state index < -0.39 is 0 Å². The van der Waals surface area contributed by atoms with E-state index in [1.807, 2.05) is 31.2 Å². The summed E-state index contributed by atoms with van der Waals surface area (Å²) in [6.07, 6.45) is 0.963. The van der Waals surface area contributed by atoms with E-state index in [-0.39, 0.29) is 11.8 Å². The second kappa shape index (κ2) is 6.56. The lowest BCUT2D eigenvalue weighted by Gasteiger charge is -2.19. The molecule has 5 nitrogen and oxygen atoms in total. The Morgan fingerprint density at radius 1 is 1.07 bits per heavy atom. The first-order valence-electron chi connectivity index (χ1n) is 9.41. The lowest BCUT2D eigenvalue weighted by atomic mass is 9.95. The van der Waals surface area contributed by atoms with Gasteiger partial charge < -0.3 is 10.6 Å². The number of aryl methyl sites for hydroxylation is 1. The highest BCUT2D eigenvalue weighted by Gasteiger charge is 2.31. The third kappa shape index (κ3) is 2.64. The number of primary amides is 1. The molecule has 2 N–H and O–H groups in total. The van der Waals surface area contributed by atoms with Crippen LogP contribution < -0.4 is 10.6 Å². The minimum absolute atomic E-state index is 0.250. The smallest absolute Gasteiger partial charge is 0.259 e. The molecule has 1 aliphatic rings. The van der Waals surface area contributed by atoms with Crippen molar-refractivity contribution in [3.8, 4) is 0 Å². The van der Waals surface area contributed by atoms with Crippen molar-refractivity contribution in [2.45, 2.75) is 19.3 Å². The molecule has 1 fully saturated rings. The Labute approximate surface area is 166 Å². The van der Waals surface area contributed by atoms with Gasteiger partial charge in [-0.15, -0.1) is 16.4 Å². The molecule has 5 rings (SSSR count). The normalized spacial score (nSPS) is 16.9. The summed E-state index contributed by atoms with van der Waals surface area (Å²) in [5.74, 6) is 0.833. The van der Waals surface area contributed by atoms with E-state index in [0.717, 1.165) is 57.4 Å². The van der Waals surface area contributed by atoms with Crippen LogP contribution in [0.25, 0.3) is 20.9 Å². The quantitative estimate of drug-likeness (QED) is 0.570. The summed E-state index contributed by atoms with van der Waals surface area (Å²) < 4.78 is 1.12. The molecule has 1 atom stereocenters. The fourth-order valence-electron chi connectivity index (χ4n) is 4.30. The van der Waals surface area contributed by atoms with Gasteiger partial charge in [-0.25, -0.2) is 0 Å². The van der Waals surface area contributed by atoms with Gasteiger partial charge in [-0.05, 0) is 30.4 Å². The molecule has 140 valence electrons. The van der Waals surface area contributed by atoms with Gasteiger partial charge in [0.25, 0.3) is 5.91 Å². The molecule has 0 saturated carbocycles. The Balaban J connectivity index is 1.56. The van der Waals surface area contributed by atoms with E-state index in [0.29, 0.717) is 4.88 Å². The average Bonchev–Trinajstić information content (AvgIpc) is 3.33. The van der Waals surface area contributed by atoms with Gasteiger partial charge in [-0.2, -0.15) is 5.10 Å². The number of fused-ring (bicyclic) bond motifs is 2. The number of thiophene rings is 1. The monoisotopic (exact) mass is 388 g/mol. The Morgan fingerprint density at radius 2 is 1.79 bits per heavy atom. The maximum absolute atomic E-state index is 12.1.